The van der Waals surface area contributed by atoms with Crippen molar-refractivity contribution in [2.45, 2.75) is 72.3 Å². The topological polar surface area (TPSA) is 12.0 Å². The van der Waals surface area contributed by atoms with Gasteiger partial charge in [0, 0.05) is 11.1 Å². The van der Waals surface area contributed by atoms with Gasteiger partial charge in [0.2, 0.25) is 0 Å². The first-order valence-corrected chi connectivity index (χ1v) is 8.86. The fraction of sp³-hybridized carbons (Fsp3) is 0.684. The van der Waals surface area contributed by atoms with Crippen molar-refractivity contribution in [3.05, 3.63) is 33.8 Å². The average molecular weight is 308 g/mol. The molecule has 0 radical (unpaired) electrons. The summed E-state index contributed by atoms with van der Waals surface area (Å²) >= 11 is 6.30. The molecule has 1 aliphatic carbocycles. The van der Waals surface area contributed by atoms with Gasteiger partial charge in [0.25, 0.3) is 0 Å². The molecule has 1 N–H and O–H groups in total. The molecule has 0 amide bonds. The molecule has 1 atom stereocenters. The summed E-state index contributed by atoms with van der Waals surface area (Å²) in [7, 11) is 0. The maximum Gasteiger partial charge on any atom is 0.0438 e. The third-order valence-corrected chi connectivity index (χ3v) is 5.56. The Bertz CT molecular complexity index is 475. The lowest BCUT2D eigenvalue weighted by Gasteiger charge is -2.42. The Morgan fingerprint density at radius 2 is 1.81 bits per heavy atom. The second kappa shape index (κ2) is 7.15. The summed E-state index contributed by atoms with van der Waals surface area (Å²) in [6.45, 7) is 10.1. The maximum absolute atomic E-state index is 6.30. The number of hydrogen-bond donors (Lipinski definition) is 1. The van der Waals surface area contributed by atoms with Crippen LogP contribution in [0.2, 0.25) is 5.02 Å². The van der Waals surface area contributed by atoms with Crippen LogP contribution in [0.25, 0.3) is 0 Å². The van der Waals surface area contributed by atoms with Gasteiger partial charge >= 0.3 is 0 Å². The van der Waals surface area contributed by atoms with Gasteiger partial charge in [-0.3, -0.25) is 0 Å². The minimum absolute atomic E-state index is 0.373. The van der Waals surface area contributed by atoms with Crippen LogP contribution < -0.4 is 5.32 Å². The Morgan fingerprint density at radius 3 is 2.43 bits per heavy atom. The van der Waals surface area contributed by atoms with E-state index in [-0.39, 0.29) is 0 Å². The summed E-state index contributed by atoms with van der Waals surface area (Å²) < 4.78 is 0. The van der Waals surface area contributed by atoms with Crippen molar-refractivity contribution in [1.29, 1.82) is 0 Å². The Morgan fingerprint density at radius 1 is 1.14 bits per heavy atom. The number of nitrogens with one attached hydrogen (secondary N) is 1. The molecule has 1 saturated carbocycles. The Kier molecular flexibility index (Phi) is 5.73. The first-order chi connectivity index (χ1) is 9.98. The van der Waals surface area contributed by atoms with Gasteiger partial charge < -0.3 is 5.32 Å². The van der Waals surface area contributed by atoms with Gasteiger partial charge in [-0.2, -0.15) is 0 Å². The highest BCUT2D eigenvalue weighted by Gasteiger charge is 2.36. The number of rotatable bonds is 5. The molecule has 1 fully saturated rings. The number of aryl methyl sites for hydroxylation is 2. The number of halogens is 1. The fourth-order valence-corrected chi connectivity index (χ4v) is 4.00. The molecule has 0 aliphatic heterocycles. The second-order valence-electron chi connectivity index (χ2n) is 7.06. The van der Waals surface area contributed by atoms with Crippen molar-refractivity contribution in [1.82, 2.24) is 5.32 Å². The molecule has 2 rings (SSSR count). The van der Waals surface area contributed by atoms with Gasteiger partial charge in [0.15, 0.2) is 0 Å². The first-order valence-electron chi connectivity index (χ1n) is 8.48. The molecule has 21 heavy (non-hydrogen) atoms. The van der Waals surface area contributed by atoms with Crippen molar-refractivity contribution >= 4 is 11.6 Å². The van der Waals surface area contributed by atoms with E-state index in [1.54, 1.807) is 0 Å². The normalized spacial score (nSPS) is 19.5. The second-order valence-corrected chi connectivity index (χ2v) is 7.47. The third kappa shape index (κ3) is 3.81. The van der Waals surface area contributed by atoms with Gasteiger partial charge in [-0.15, -0.1) is 0 Å². The minimum atomic E-state index is 0.373. The zero-order valence-corrected chi connectivity index (χ0v) is 14.8. The van der Waals surface area contributed by atoms with Crippen molar-refractivity contribution in [3.63, 3.8) is 0 Å². The molecule has 1 aromatic rings. The quantitative estimate of drug-likeness (QED) is 0.707. The van der Waals surface area contributed by atoms with Crippen LogP contribution >= 0.6 is 11.6 Å². The summed E-state index contributed by atoms with van der Waals surface area (Å²) in [6.07, 6.45) is 7.97. The smallest absolute Gasteiger partial charge is 0.0438 e. The van der Waals surface area contributed by atoms with Crippen molar-refractivity contribution < 1.29 is 0 Å². The predicted octanol–water partition coefficient (Wildman–Crippen LogP) is 5.97. The van der Waals surface area contributed by atoms with Crippen molar-refractivity contribution in [2.75, 3.05) is 6.54 Å². The van der Waals surface area contributed by atoms with E-state index >= 15 is 0 Å². The lowest BCUT2D eigenvalue weighted by atomic mass is 9.68. The molecule has 1 nitrogen and oxygen atoms in total. The van der Waals surface area contributed by atoms with E-state index in [2.05, 4.69) is 45.1 Å². The summed E-state index contributed by atoms with van der Waals surface area (Å²) in [5, 5.41) is 4.73. The molecular weight excluding hydrogens is 278 g/mol. The lowest BCUT2D eigenvalue weighted by molar-refractivity contribution is 0.144. The molecular formula is C19H30ClN. The predicted molar refractivity (Wildman–Crippen MR) is 93.2 cm³/mol. The van der Waals surface area contributed by atoms with Gasteiger partial charge in [-0.25, -0.2) is 0 Å². The van der Waals surface area contributed by atoms with Gasteiger partial charge in [-0.05, 0) is 67.8 Å². The Labute approximate surface area is 135 Å². The molecule has 0 spiro atoms. The van der Waals surface area contributed by atoms with Crippen molar-refractivity contribution in [3.8, 4) is 0 Å². The highest BCUT2D eigenvalue weighted by atomic mass is 35.5. The summed E-state index contributed by atoms with van der Waals surface area (Å²) in [5.74, 6) is 0. The lowest BCUT2D eigenvalue weighted by Crippen LogP contribution is -2.38. The molecule has 1 unspecified atom stereocenters. The van der Waals surface area contributed by atoms with Crippen LogP contribution in [0.4, 0.5) is 0 Å². The first kappa shape index (κ1) is 16.8. The molecule has 0 bridgehead atoms. The largest absolute Gasteiger partial charge is 0.309 e. The van der Waals surface area contributed by atoms with E-state index in [0.29, 0.717) is 11.5 Å². The average Bonchev–Trinajstić information content (AvgIpc) is 2.45. The van der Waals surface area contributed by atoms with Crippen LogP contribution in [-0.2, 0) is 0 Å². The number of hydrogen-bond acceptors (Lipinski definition) is 1. The van der Waals surface area contributed by atoms with Gasteiger partial charge in [0.1, 0.15) is 0 Å². The van der Waals surface area contributed by atoms with Crippen LogP contribution in [-0.4, -0.2) is 6.54 Å². The molecule has 2 heteroatoms. The van der Waals surface area contributed by atoms with E-state index in [4.69, 9.17) is 11.6 Å². The van der Waals surface area contributed by atoms with Gasteiger partial charge in [-0.1, -0.05) is 50.8 Å². The van der Waals surface area contributed by atoms with Gasteiger partial charge in [0.05, 0.1) is 0 Å². The van der Waals surface area contributed by atoms with Crippen LogP contribution in [0, 0.1) is 19.3 Å². The van der Waals surface area contributed by atoms with Crippen LogP contribution in [0.5, 0.6) is 0 Å². The monoisotopic (exact) mass is 307 g/mol. The summed E-state index contributed by atoms with van der Waals surface area (Å²) in [6, 6.07) is 4.90. The molecule has 0 heterocycles. The Balaban J connectivity index is 2.37. The van der Waals surface area contributed by atoms with E-state index in [9.17, 15) is 0 Å². The zero-order chi connectivity index (χ0) is 15.5. The molecule has 0 aromatic heterocycles. The molecule has 0 saturated heterocycles. The summed E-state index contributed by atoms with van der Waals surface area (Å²) in [4.78, 5) is 0. The minimum Gasteiger partial charge on any atom is -0.309 e. The Hall–Kier alpha value is -0.530. The summed E-state index contributed by atoms with van der Waals surface area (Å²) in [5.41, 5.74) is 4.35. The fourth-order valence-electron chi connectivity index (χ4n) is 3.78. The highest BCUT2D eigenvalue weighted by Crippen LogP contribution is 2.46. The molecule has 118 valence electrons. The maximum atomic E-state index is 6.30. The SMILES string of the molecule is CCCNC(c1cc(C)c(Cl)cc1C)C1(C)CCCCC1. The highest BCUT2D eigenvalue weighted by molar-refractivity contribution is 6.31. The molecule has 1 aromatic carbocycles. The van der Waals surface area contributed by atoms with Crippen LogP contribution in [0.15, 0.2) is 12.1 Å². The number of benzene rings is 1. The van der Waals surface area contributed by atoms with E-state index < -0.39 is 0 Å². The molecule has 1 aliphatic rings. The van der Waals surface area contributed by atoms with E-state index in [1.807, 2.05) is 0 Å². The standard InChI is InChI=1S/C19H30ClN/c1-5-11-21-18(19(4)9-7-6-8-10-19)16-12-15(3)17(20)13-14(16)2/h12-13,18,21H,5-11H2,1-4H3. The third-order valence-electron chi connectivity index (χ3n) is 5.15. The van der Waals surface area contributed by atoms with E-state index in [0.717, 1.165) is 11.6 Å². The van der Waals surface area contributed by atoms with Crippen molar-refractivity contribution in [2.24, 2.45) is 5.41 Å². The van der Waals surface area contributed by atoms with Crippen LogP contribution in [0.1, 0.15) is 75.1 Å². The van der Waals surface area contributed by atoms with E-state index in [1.165, 1.54) is 55.2 Å². The van der Waals surface area contributed by atoms with Crippen LogP contribution in [0.3, 0.4) is 0 Å². The zero-order valence-electron chi connectivity index (χ0n) is 14.1.